The van der Waals surface area contributed by atoms with Gasteiger partial charge >= 0.3 is 0 Å². The van der Waals surface area contributed by atoms with Crippen LogP contribution in [0.5, 0.6) is 0 Å². The molecule has 1 aromatic heterocycles. The van der Waals surface area contributed by atoms with Crippen molar-refractivity contribution in [3.8, 4) is 0 Å². The average molecular weight is 334 g/mol. The zero-order chi connectivity index (χ0) is 17.2. The fraction of sp³-hybridized carbons (Fsp3) is 0.706. The van der Waals surface area contributed by atoms with Crippen LogP contribution in [0.25, 0.3) is 0 Å². The third kappa shape index (κ3) is 3.45. The van der Waals surface area contributed by atoms with Gasteiger partial charge in [-0.25, -0.2) is 0 Å². The van der Waals surface area contributed by atoms with Gasteiger partial charge in [0.05, 0.1) is 24.3 Å². The summed E-state index contributed by atoms with van der Waals surface area (Å²) in [5.41, 5.74) is 0.538. The monoisotopic (exact) mass is 334 g/mol. The molecule has 2 fully saturated rings. The maximum Gasteiger partial charge on any atom is 0.244 e. The number of aromatic nitrogens is 2. The second-order valence-corrected chi connectivity index (χ2v) is 6.87. The van der Waals surface area contributed by atoms with Gasteiger partial charge in [0.2, 0.25) is 11.8 Å². The maximum absolute atomic E-state index is 12.8. The molecule has 1 aliphatic carbocycles. The van der Waals surface area contributed by atoms with Gasteiger partial charge in [-0.2, -0.15) is 5.10 Å². The normalized spacial score (nSPS) is 23.5. The van der Waals surface area contributed by atoms with Crippen LogP contribution in [0.3, 0.4) is 0 Å². The predicted molar refractivity (Wildman–Crippen MR) is 88.4 cm³/mol. The molecule has 7 heteroatoms. The van der Waals surface area contributed by atoms with Crippen LogP contribution in [0.4, 0.5) is 0 Å². The number of methoxy groups -OCH3 is 1. The summed E-state index contributed by atoms with van der Waals surface area (Å²) < 4.78 is 7.07. The van der Waals surface area contributed by atoms with E-state index in [0.29, 0.717) is 19.1 Å². The first-order chi connectivity index (χ1) is 11.6. The van der Waals surface area contributed by atoms with E-state index in [1.54, 1.807) is 18.8 Å². The Morgan fingerprint density at radius 1 is 1.46 bits per heavy atom. The van der Waals surface area contributed by atoms with Gasteiger partial charge in [0, 0.05) is 32.8 Å². The number of hydrogen-bond donors (Lipinski definition) is 1. The van der Waals surface area contributed by atoms with E-state index in [1.807, 2.05) is 17.2 Å². The molecule has 0 spiro atoms. The Kier molecular flexibility index (Phi) is 4.89. The molecule has 1 atom stereocenters. The van der Waals surface area contributed by atoms with Gasteiger partial charge < -0.3 is 15.0 Å². The number of carbonyl (C=O) groups excluding carboxylic acids is 2. The molecule has 2 heterocycles. The molecule has 1 saturated carbocycles. The lowest BCUT2D eigenvalue weighted by molar-refractivity contribution is -0.140. The third-order valence-electron chi connectivity index (χ3n) is 5.03. The fourth-order valence-corrected chi connectivity index (χ4v) is 3.65. The molecular weight excluding hydrogens is 308 g/mol. The Labute approximate surface area is 142 Å². The van der Waals surface area contributed by atoms with Crippen LogP contribution in [-0.2, 0) is 20.9 Å². The largest absolute Gasteiger partial charge is 0.382 e. The molecule has 24 heavy (non-hydrogen) atoms. The highest BCUT2D eigenvalue weighted by Gasteiger charge is 2.45. The van der Waals surface area contributed by atoms with Crippen LogP contribution >= 0.6 is 0 Å². The Balaban J connectivity index is 1.71. The van der Waals surface area contributed by atoms with Crippen LogP contribution in [0.1, 0.15) is 43.7 Å². The van der Waals surface area contributed by atoms with E-state index in [4.69, 9.17) is 4.74 Å². The van der Waals surface area contributed by atoms with Crippen LogP contribution in [0, 0.1) is 0 Å². The van der Waals surface area contributed by atoms with Crippen molar-refractivity contribution in [3.05, 3.63) is 18.0 Å². The molecule has 132 valence electrons. The highest BCUT2D eigenvalue weighted by molar-refractivity contribution is 5.81. The van der Waals surface area contributed by atoms with E-state index < -0.39 is 5.54 Å². The van der Waals surface area contributed by atoms with Gasteiger partial charge in [-0.3, -0.25) is 14.3 Å². The summed E-state index contributed by atoms with van der Waals surface area (Å²) in [6, 6.07) is 2.00. The number of likely N-dealkylation sites (tertiary alicyclic amines) is 1. The van der Waals surface area contributed by atoms with E-state index in [1.165, 1.54) is 12.8 Å². The lowest BCUT2D eigenvalue weighted by Crippen LogP contribution is -2.53. The van der Waals surface area contributed by atoms with Crippen LogP contribution in [0.2, 0.25) is 0 Å². The molecule has 1 aliphatic heterocycles. The number of ether oxygens (including phenoxy) is 1. The van der Waals surface area contributed by atoms with Gasteiger partial charge in [-0.05, 0) is 31.7 Å². The van der Waals surface area contributed by atoms with E-state index in [-0.39, 0.29) is 24.8 Å². The highest BCUT2D eigenvalue weighted by Crippen LogP contribution is 2.39. The number of hydrogen-bond acceptors (Lipinski definition) is 4. The Morgan fingerprint density at radius 3 is 2.92 bits per heavy atom. The minimum absolute atomic E-state index is 0.00102. The molecule has 0 unspecified atom stereocenters. The molecule has 2 amide bonds. The number of nitrogens with zero attached hydrogens (tertiary/aromatic N) is 3. The van der Waals surface area contributed by atoms with E-state index in [0.717, 1.165) is 18.5 Å². The average Bonchev–Trinajstić information content (AvgIpc) is 3.18. The lowest BCUT2D eigenvalue weighted by Gasteiger charge is -2.37. The Morgan fingerprint density at radius 2 is 2.25 bits per heavy atom. The molecule has 0 aromatic carbocycles. The predicted octanol–water partition coefficient (Wildman–Crippen LogP) is 0.904. The van der Waals surface area contributed by atoms with Crippen LogP contribution in [0.15, 0.2) is 12.3 Å². The number of rotatable bonds is 7. The minimum atomic E-state index is -0.543. The first-order valence-corrected chi connectivity index (χ1v) is 8.61. The van der Waals surface area contributed by atoms with Gasteiger partial charge in [0.1, 0.15) is 6.54 Å². The Bertz CT molecular complexity index is 611. The molecular formula is C17H26N4O3. The van der Waals surface area contributed by atoms with Gasteiger partial charge in [0.15, 0.2) is 0 Å². The van der Waals surface area contributed by atoms with Gasteiger partial charge in [-0.1, -0.05) is 0 Å². The smallest absolute Gasteiger partial charge is 0.244 e. The fourth-order valence-electron chi connectivity index (χ4n) is 3.65. The van der Waals surface area contributed by atoms with E-state index in [9.17, 15) is 9.59 Å². The zero-order valence-corrected chi connectivity index (χ0v) is 14.5. The molecule has 0 bridgehead atoms. The standard InChI is InChI=1S/C17H26N4O3/c1-18-15(22)10-17(12-24-2)7-3-8-21(17)16(23)11-20-9-6-14(19-20)13-4-5-13/h6,9,13H,3-5,7-8,10-12H2,1-2H3,(H,18,22)/t17-/m0/s1. The quantitative estimate of drug-likeness (QED) is 0.804. The molecule has 0 radical (unpaired) electrons. The highest BCUT2D eigenvalue weighted by atomic mass is 16.5. The van der Waals surface area contributed by atoms with Crippen LogP contribution in [-0.4, -0.2) is 59.3 Å². The summed E-state index contributed by atoms with van der Waals surface area (Å²) in [6.07, 6.45) is 6.21. The van der Waals surface area contributed by atoms with Crippen molar-refractivity contribution in [2.75, 3.05) is 27.3 Å². The topological polar surface area (TPSA) is 76.5 Å². The van der Waals surface area contributed by atoms with Crippen molar-refractivity contribution in [1.82, 2.24) is 20.0 Å². The van der Waals surface area contributed by atoms with Gasteiger partial charge in [0.25, 0.3) is 0 Å². The van der Waals surface area contributed by atoms with Crippen molar-refractivity contribution in [2.45, 2.75) is 50.1 Å². The zero-order valence-electron chi connectivity index (χ0n) is 14.5. The summed E-state index contributed by atoms with van der Waals surface area (Å²) in [5.74, 6) is 0.509. The summed E-state index contributed by atoms with van der Waals surface area (Å²) in [5, 5.41) is 7.17. The molecule has 1 aromatic rings. The molecule has 1 N–H and O–H groups in total. The maximum atomic E-state index is 12.8. The molecule has 1 saturated heterocycles. The SMILES string of the molecule is CNC(=O)C[C@]1(COC)CCCN1C(=O)Cn1ccc(C2CC2)n1. The number of amides is 2. The van der Waals surface area contributed by atoms with Gasteiger partial charge in [-0.15, -0.1) is 0 Å². The van der Waals surface area contributed by atoms with Crippen molar-refractivity contribution < 1.29 is 14.3 Å². The summed E-state index contributed by atoms with van der Waals surface area (Å²) >= 11 is 0. The van der Waals surface area contributed by atoms with Crippen LogP contribution < -0.4 is 5.32 Å². The number of nitrogens with one attached hydrogen (secondary N) is 1. The summed E-state index contributed by atoms with van der Waals surface area (Å²) in [6.45, 7) is 1.25. The van der Waals surface area contributed by atoms with Crippen molar-refractivity contribution in [2.24, 2.45) is 0 Å². The summed E-state index contributed by atoms with van der Waals surface area (Å²) in [4.78, 5) is 26.6. The van der Waals surface area contributed by atoms with Crippen molar-refractivity contribution >= 4 is 11.8 Å². The second kappa shape index (κ2) is 6.93. The first-order valence-electron chi connectivity index (χ1n) is 8.61. The first kappa shape index (κ1) is 17.0. The Hall–Kier alpha value is -1.89. The number of carbonyl (C=O) groups is 2. The van der Waals surface area contributed by atoms with Crippen molar-refractivity contribution in [3.63, 3.8) is 0 Å². The van der Waals surface area contributed by atoms with Crippen molar-refractivity contribution in [1.29, 1.82) is 0 Å². The van der Waals surface area contributed by atoms with E-state index in [2.05, 4.69) is 10.4 Å². The minimum Gasteiger partial charge on any atom is -0.382 e. The second-order valence-electron chi connectivity index (χ2n) is 6.87. The molecule has 3 rings (SSSR count). The van der Waals surface area contributed by atoms with E-state index >= 15 is 0 Å². The third-order valence-corrected chi connectivity index (χ3v) is 5.03. The summed E-state index contributed by atoms with van der Waals surface area (Å²) in [7, 11) is 3.23. The molecule has 7 nitrogen and oxygen atoms in total. The lowest BCUT2D eigenvalue weighted by atomic mass is 9.92. The molecule has 2 aliphatic rings.